The molecule has 0 saturated carbocycles. The van der Waals surface area contributed by atoms with Crippen LogP contribution in [0.2, 0.25) is 0 Å². The van der Waals surface area contributed by atoms with E-state index in [1.54, 1.807) is 54.6 Å². The van der Waals surface area contributed by atoms with E-state index in [-0.39, 0.29) is 4.90 Å². The first-order chi connectivity index (χ1) is 14.5. The Kier molecular flexibility index (Phi) is 5.29. The minimum Gasteiger partial charge on any atom is -0.298 e. The summed E-state index contributed by atoms with van der Waals surface area (Å²) in [6, 6.07) is 22.7. The van der Waals surface area contributed by atoms with E-state index in [4.69, 9.17) is 0 Å². The highest BCUT2D eigenvalue weighted by Crippen LogP contribution is 2.21. The smallest absolute Gasteiger partial charge is 0.263 e. The molecule has 0 radical (unpaired) electrons. The summed E-state index contributed by atoms with van der Waals surface area (Å²) in [5.41, 5.74) is 2.93. The summed E-state index contributed by atoms with van der Waals surface area (Å²) in [7, 11) is -3.84. The van der Waals surface area contributed by atoms with Crippen LogP contribution < -0.4 is 4.72 Å². The van der Waals surface area contributed by atoms with E-state index < -0.39 is 10.0 Å². The van der Waals surface area contributed by atoms with Crippen molar-refractivity contribution in [3.05, 3.63) is 102 Å². The van der Waals surface area contributed by atoms with E-state index in [0.29, 0.717) is 16.8 Å². The molecule has 0 atom stereocenters. The number of para-hydroxylation sites is 2. The number of benzene rings is 3. The number of sulfonamides is 1. The Morgan fingerprint density at radius 1 is 0.867 bits per heavy atom. The van der Waals surface area contributed by atoms with Gasteiger partial charge in [0.15, 0.2) is 0 Å². The van der Waals surface area contributed by atoms with Crippen LogP contribution in [0.3, 0.4) is 0 Å². The third-order valence-electron chi connectivity index (χ3n) is 4.44. The molecule has 0 aliphatic carbocycles. The zero-order chi connectivity index (χ0) is 21.0. The van der Waals surface area contributed by atoms with Gasteiger partial charge in [0.25, 0.3) is 10.0 Å². The monoisotopic (exact) mass is 412 g/mol. The van der Waals surface area contributed by atoms with Gasteiger partial charge in [-0.25, -0.2) is 8.42 Å². The lowest BCUT2D eigenvalue weighted by atomic mass is 10.1. The van der Waals surface area contributed by atoms with E-state index in [1.165, 1.54) is 6.20 Å². The Morgan fingerprint density at radius 3 is 2.40 bits per heavy atom. The highest BCUT2D eigenvalue weighted by Gasteiger charge is 2.16. The molecule has 0 bridgehead atoms. The van der Waals surface area contributed by atoms with Crippen LogP contribution in [0.25, 0.3) is 10.9 Å². The van der Waals surface area contributed by atoms with Crippen molar-refractivity contribution in [2.24, 2.45) is 0 Å². The largest absolute Gasteiger partial charge is 0.298 e. The number of pyridine rings is 1. The summed E-state index contributed by atoms with van der Waals surface area (Å²) in [5.74, 6) is 5.98. The van der Waals surface area contributed by atoms with Crippen LogP contribution in [0, 0.1) is 11.8 Å². The third-order valence-corrected chi connectivity index (χ3v) is 5.77. The van der Waals surface area contributed by atoms with Gasteiger partial charge >= 0.3 is 0 Å². The molecule has 3 aromatic carbocycles. The SMILES string of the molecule is O=Cc1ccc(C#Cc2ccccc2NS(=O)(=O)c2cnc3ccccc3c2)cc1. The Morgan fingerprint density at radius 2 is 1.60 bits per heavy atom. The third kappa shape index (κ3) is 4.22. The molecule has 6 heteroatoms. The molecule has 1 N–H and O–H groups in total. The van der Waals surface area contributed by atoms with Gasteiger partial charge in [-0.2, -0.15) is 0 Å². The number of carbonyl (C=O) groups excluding carboxylic acids is 1. The quantitative estimate of drug-likeness (QED) is 0.402. The maximum atomic E-state index is 12.9. The second kappa shape index (κ2) is 8.19. The molecule has 5 nitrogen and oxygen atoms in total. The second-order valence-corrected chi connectivity index (χ2v) is 8.19. The first-order valence-electron chi connectivity index (χ1n) is 9.09. The van der Waals surface area contributed by atoms with Crippen LogP contribution in [0.15, 0.2) is 90.0 Å². The van der Waals surface area contributed by atoms with Gasteiger partial charge in [0, 0.05) is 28.3 Å². The van der Waals surface area contributed by atoms with Crippen molar-refractivity contribution < 1.29 is 13.2 Å². The minimum atomic E-state index is -3.84. The minimum absolute atomic E-state index is 0.0772. The first-order valence-corrected chi connectivity index (χ1v) is 10.6. The van der Waals surface area contributed by atoms with Gasteiger partial charge < -0.3 is 0 Å². The highest BCUT2D eigenvalue weighted by molar-refractivity contribution is 7.92. The standard InChI is InChI=1S/C24H16N2O3S/c27-17-19-11-9-18(10-12-19)13-14-20-5-1-4-8-24(20)26-30(28,29)22-15-21-6-2-3-7-23(21)25-16-22/h1-12,15-17,26H. The number of nitrogens with one attached hydrogen (secondary N) is 1. The number of carbonyl (C=O) groups is 1. The molecule has 0 aliphatic rings. The van der Waals surface area contributed by atoms with Crippen LogP contribution >= 0.6 is 0 Å². The number of rotatable bonds is 4. The van der Waals surface area contributed by atoms with Crippen molar-refractivity contribution in [2.75, 3.05) is 4.72 Å². The van der Waals surface area contributed by atoms with Crippen LogP contribution in [0.1, 0.15) is 21.5 Å². The fourth-order valence-electron chi connectivity index (χ4n) is 2.87. The van der Waals surface area contributed by atoms with Crippen molar-refractivity contribution in [3.8, 4) is 11.8 Å². The van der Waals surface area contributed by atoms with Crippen molar-refractivity contribution in [2.45, 2.75) is 4.90 Å². The van der Waals surface area contributed by atoms with Crippen molar-refractivity contribution in [3.63, 3.8) is 0 Å². The van der Waals surface area contributed by atoms with E-state index in [1.807, 2.05) is 24.3 Å². The average molecular weight is 412 g/mol. The number of hydrogen-bond acceptors (Lipinski definition) is 4. The number of aldehydes is 1. The lowest BCUT2D eigenvalue weighted by Gasteiger charge is -2.10. The molecule has 1 heterocycles. The van der Waals surface area contributed by atoms with Gasteiger partial charge in [0.05, 0.1) is 11.2 Å². The van der Waals surface area contributed by atoms with E-state index in [2.05, 4.69) is 21.5 Å². The predicted octanol–water partition coefficient (Wildman–Crippen LogP) is 4.25. The molecule has 0 saturated heterocycles. The molecular formula is C24H16N2O3S. The van der Waals surface area contributed by atoms with Crippen molar-refractivity contribution in [1.82, 2.24) is 4.98 Å². The summed E-state index contributed by atoms with van der Waals surface area (Å²) in [4.78, 5) is 15.1. The Hall–Kier alpha value is -3.95. The molecule has 0 aliphatic heterocycles. The number of anilines is 1. The lowest BCUT2D eigenvalue weighted by molar-refractivity contribution is 0.112. The summed E-state index contributed by atoms with van der Waals surface area (Å²) in [6.07, 6.45) is 2.11. The van der Waals surface area contributed by atoms with Crippen molar-refractivity contribution in [1.29, 1.82) is 0 Å². The van der Waals surface area contributed by atoms with Gasteiger partial charge in [-0.1, -0.05) is 54.3 Å². The zero-order valence-electron chi connectivity index (χ0n) is 15.7. The van der Waals surface area contributed by atoms with E-state index in [9.17, 15) is 13.2 Å². The molecule has 30 heavy (non-hydrogen) atoms. The number of nitrogens with zero attached hydrogens (tertiary/aromatic N) is 1. The van der Waals surface area contributed by atoms with Gasteiger partial charge in [0.2, 0.25) is 0 Å². The maximum absolute atomic E-state index is 12.9. The molecule has 0 unspecified atom stereocenters. The molecule has 1 aromatic heterocycles. The van der Waals surface area contributed by atoms with Crippen LogP contribution in [0.4, 0.5) is 5.69 Å². The number of aromatic nitrogens is 1. The van der Waals surface area contributed by atoms with Gasteiger partial charge in [-0.3, -0.25) is 14.5 Å². The summed E-state index contributed by atoms with van der Waals surface area (Å²) in [5, 5.41) is 0.743. The first kappa shape index (κ1) is 19.4. The fourth-order valence-corrected chi connectivity index (χ4v) is 3.93. The molecular weight excluding hydrogens is 396 g/mol. The fraction of sp³-hybridized carbons (Fsp3) is 0. The highest BCUT2D eigenvalue weighted by atomic mass is 32.2. The molecule has 0 amide bonds. The zero-order valence-corrected chi connectivity index (χ0v) is 16.6. The Bertz CT molecular complexity index is 1400. The molecule has 146 valence electrons. The molecule has 0 spiro atoms. The predicted molar refractivity (Wildman–Crippen MR) is 117 cm³/mol. The molecule has 4 aromatic rings. The Labute approximate surface area is 174 Å². The molecule has 0 fully saturated rings. The van der Waals surface area contributed by atoms with Crippen molar-refractivity contribution >= 4 is 32.9 Å². The van der Waals surface area contributed by atoms with Gasteiger partial charge in [0.1, 0.15) is 11.2 Å². The average Bonchev–Trinajstić information content (AvgIpc) is 2.78. The van der Waals surface area contributed by atoms with Gasteiger partial charge in [-0.05, 0) is 36.4 Å². The topological polar surface area (TPSA) is 76.1 Å². The normalized spacial score (nSPS) is 10.8. The number of hydrogen-bond donors (Lipinski definition) is 1. The number of fused-ring (bicyclic) bond motifs is 1. The van der Waals surface area contributed by atoms with Crippen LogP contribution in [-0.2, 0) is 10.0 Å². The second-order valence-electron chi connectivity index (χ2n) is 6.50. The van der Waals surface area contributed by atoms with Crippen LogP contribution in [0.5, 0.6) is 0 Å². The van der Waals surface area contributed by atoms with Crippen LogP contribution in [-0.4, -0.2) is 19.7 Å². The Balaban J connectivity index is 1.64. The summed E-state index contributed by atoms with van der Waals surface area (Å²) < 4.78 is 28.4. The maximum Gasteiger partial charge on any atom is 0.263 e. The summed E-state index contributed by atoms with van der Waals surface area (Å²) >= 11 is 0. The van der Waals surface area contributed by atoms with Gasteiger partial charge in [-0.15, -0.1) is 0 Å². The lowest BCUT2D eigenvalue weighted by Crippen LogP contribution is -2.14. The van der Waals surface area contributed by atoms with E-state index in [0.717, 1.165) is 22.8 Å². The molecule has 4 rings (SSSR count). The van der Waals surface area contributed by atoms with E-state index >= 15 is 0 Å². The summed E-state index contributed by atoms with van der Waals surface area (Å²) in [6.45, 7) is 0.